The fourth-order valence-corrected chi connectivity index (χ4v) is 2.72. The van der Waals surface area contributed by atoms with E-state index >= 15 is 0 Å². The summed E-state index contributed by atoms with van der Waals surface area (Å²) in [6, 6.07) is 22.5. The van der Waals surface area contributed by atoms with E-state index in [1.807, 2.05) is 48.5 Å². The molecule has 6 heteroatoms. The Kier molecular flexibility index (Phi) is 4.84. The molecule has 3 aromatic carbocycles. The van der Waals surface area contributed by atoms with E-state index in [2.05, 4.69) is 20.5 Å². The first-order valence-corrected chi connectivity index (χ1v) is 8.62. The molecular weight excluding hydrogens is 355 g/mol. The fraction of sp³-hybridized carbons (Fsp3) is 0. The van der Waals surface area contributed by atoms with Gasteiger partial charge in [-0.05, 0) is 29.8 Å². The first-order chi connectivity index (χ1) is 13.7. The van der Waals surface area contributed by atoms with Crippen molar-refractivity contribution in [3.8, 4) is 11.3 Å². The first-order valence-electron chi connectivity index (χ1n) is 8.62. The maximum absolute atomic E-state index is 13.0. The first kappa shape index (κ1) is 17.5. The van der Waals surface area contributed by atoms with Crippen LogP contribution in [0.4, 0.5) is 4.39 Å². The SMILES string of the molecule is O=C(N/N=C/c1ccc(F)cc1)c1nc2ccccc2nc1-c1ccccc1. The van der Waals surface area contributed by atoms with Gasteiger partial charge in [-0.2, -0.15) is 5.10 Å². The highest BCUT2D eigenvalue weighted by Crippen LogP contribution is 2.23. The summed E-state index contributed by atoms with van der Waals surface area (Å²) in [6.07, 6.45) is 1.44. The molecule has 1 aromatic heterocycles. The van der Waals surface area contributed by atoms with Gasteiger partial charge in [0.2, 0.25) is 0 Å². The van der Waals surface area contributed by atoms with Crippen molar-refractivity contribution in [2.24, 2.45) is 5.10 Å². The van der Waals surface area contributed by atoms with Crippen LogP contribution in [0.2, 0.25) is 0 Å². The predicted octanol–water partition coefficient (Wildman–Crippen LogP) is 4.20. The molecule has 0 saturated carbocycles. The molecule has 0 aliphatic rings. The highest BCUT2D eigenvalue weighted by Gasteiger charge is 2.17. The number of fused-ring (bicyclic) bond motifs is 1. The summed E-state index contributed by atoms with van der Waals surface area (Å²) in [5.74, 6) is -0.810. The van der Waals surface area contributed by atoms with Crippen molar-refractivity contribution < 1.29 is 9.18 Å². The van der Waals surface area contributed by atoms with Crippen molar-refractivity contribution in [1.29, 1.82) is 0 Å². The average molecular weight is 370 g/mol. The van der Waals surface area contributed by atoms with Crippen LogP contribution in [0.5, 0.6) is 0 Å². The number of amides is 1. The Labute approximate surface area is 160 Å². The average Bonchev–Trinajstić information content (AvgIpc) is 2.75. The third-order valence-electron chi connectivity index (χ3n) is 4.08. The molecule has 0 unspecified atom stereocenters. The molecule has 0 fully saturated rings. The van der Waals surface area contributed by atoms with Crippen molar-refractivity contribution in [3.63, 3.8) is 0 Å². The van der Waals surface area contributed by atoms with Gasteiger partial charge in [0.15, 0.2) is 5.69 Å². The maximum Gasteiger partial charge on any atom is 0.292 e. The number of aromatic nitrogens is 2. The van der Waals surface area contributed by atoms with E-state index in [0.717, 1.165) is 5.56 Å². The molecule has 0 bridgehead atoms. The minimum absolute atomic E-state index is 0.182. The zero-order chi connectivity index (χ0) is 19.3. The van der Waals surface area contributed by atoms with Crippen molar-refractivity contribution >= 4 is 23.2 Å². The molecule has 0 spiro atoms. The lowest BCUT2D eigenvalue weighted by Crippen LogP contribution is -2.20. The van der Waals surface area contributed by atoms with Crippen LogP contribution in [-0.2, 0) is 0 Å². The number of halogens is 1. The Hall–Kier alpha value is -3.93. The van der Waals surface area contributed by atoms with Gasteiger partial charge in [0, 0.05) is 5.56 Å². The molecule has 28 heavy (non-hydrogen) atoms. The van der Waals surface area contributed by atoms with Crippen molar-refractivity contribution in [2.45, 2.75) is 0 Å². The van der Waals surface area contributed by atoms with E-state index < -0.39 is 5.91 Å². The number of hydrogen-bond donors (Lipinski definition) is 1. The predicted molar refractivity (Wildman–Crippen MR) is 106 cm³/mol. The summed E-state index contributed by atoms with van der Waals surface area (Å²) in [4.78, 5) is 21.9. The Morgan fingerprint density at radius 1 is 0.857 bits per heavy atom. The van der Waals surface area contributed by atoms with E-state index in [9.17, 15) is 9.18 Å². The van der Waals surface area contributed by atoms with Crippen LogP contribution in [0.1, 0.15) is 16.1 Å². The minimum Gasteiger partial charge on any atom is -0.265 e. The summed E-state index contributed by atoms with van der Waals surface area (Å²) in [5.41, 5.74) is 5.90. The summed E-state index contributed by atoms with van der Waals surface area (Å²) < 4.78 is 13.0. The van der Waals surface area contributed by atoms with Gasteiger partial charge >= 0.3 is 0 Å². The number of para-hydroxylation sites is 2. The minimum atomic E-state index is -0.476. The molecule has 4 rings (SSSR count). The lowest BCUT2D eigenvalue weighted by Gasteiger charge is -2.09. The molecular formula is C22H15FN4O. The maximum atomic E-state index is 13.0. The lowest BCUT2D eigenvalue weighted by molar-refractivity contribution is 0.0951. The van der Waals surface area contributed by atoms with Crippen LogP contribution in [0.25, 0.3) is 22.3 Å². The second-order valence-corrected chi connectivity index (χ2v) is 6.03. The highest BCUT2D eigenvalue weighted by molar-refractivity contribution is 6.00. The monoisotopic (exact) mass is 370 g/mol. The summed E-state index contributed by atoms with van der Waals surface area (Å²) in [5, 5.41) is 3.95. The van der Waals surface area contributed by atoms with Gasteiger partial charge < -0.3 is 0 Å². The molecule has 1 amide bonds. The van der Waals surface area contributed by atoms with E-state index in [0.29, 0.717) is 22.3 Å². The number of nitrogens with zero attached hydrogens (tertiary/aromatic N) is 3. The standard InChI is InChI=1S/C22H15FN4O/c23-17-12-10-15(11-13-17)14-24-27-22(28)21-20(16-6-2-1-3-7-16)25-18-8-4-5-9-19(18)26-21/h1-14H,(H,27,28)/b24-14+. The van der Waals surface area contributed by atoms with Gasteiger partial charge in [0.1, 0.15) is 11.5 Å². The van der Waals surface area contributed by atoms with E-state index in [1.54, 1.807) is 18.2 Å². The van der Waals surface area contributed by atoms with E-state index in [-0.39, 0.29) is 11.5 Å². The van der Waals surface area contributed by atoms with Crippen LogP contribution in [0.15, 0.2) is 84.0 Å². The van der Waals surface area contributed by atoms with Crippen molar-refractivity contribution in [2.75, 3.05) is 0 Å². The molecule has 0 saturated heterocycles. The van der Waals surface area contributed by atoms with Gasteiger partial charge in [0.05, 0.1) is 17.2 Å². The molecule has 1 heterocycles. The third-order valence-corrected chi connectivity index (χ3v) is 4.08. The quantitative estimate of drug-likeness (QED) is 0.432. The van der Waals surface area contributed by atoms with E-state index in [1.165, 1.54) is 18.3 Å². The second-order valence-electron chi connectivity index (χ2n) is 6.03. The zero-order valence-corrected chi connectivity index (χ0v) is 14.7. The molecule has 0 aliphatic carbocycles. The number of nitrogens with one attached hydrogen (secondary N) is 1. The van der Waals surface area contributed by atoms with Crippen LogP contribution < -0.4 is 5.43 Å². The number of carbonyl (C=O) groups excluding carboxylic acids is 1. The molecule has 0 radical (unpaired) electrons. The van der Waals surface area contributed by atoms with Crippen LogP contribution in [-0.4, -0.2) is 22.1 Å². The largest absolute Gasteiger partial charge is 0.292 e. The summed E-state index contributed by atoms with van der Waals surface area (Å²) in [7, 11) is 0. The highest BCUT2D eigenvalue weighted by atomic mass is 19.1. The van der Waals surface area contributed by atoms with Gasteiger partial charge in [-0.15, -0.1) is 0 Å². The topological polar surface area (TPSA) is 67.2 Å². The second kappa shape index (κ2) is 7.75. The Morgan fingerprint density at radius 2 is 1.50 bits per heavy atom. The van der Waals surface area contributed by atoms with Crippen LogP contribution in [0, 0.1) is 5.82 Å². The Bertz CT molecular complexity index is 1160. The smallest absolute Gasteiger partial charge is 0.265 e. The van der Waals surface area contributed by atoms with Crippen molar-refractivity contribution in [1.82, 2.24) is 15.4 Å². The van der Waals surface area contributed by atoms with Crippen LogP contribution in [0.3, 0.4) is 0 Å². The molecule has 136 valence electrons. The number of hydrazone groups is 1. The van der Waals surface area contributed by atoms with Crippen molar-refractivity contribution in [3.05, 3.63) is 95.9 Å². The summed E-state index contributed by atoms with van der Waals surface area (Å²) >= 11 is 0. The third kappa shape index (κ3) is 3.76. The Balaban J connectivity index is 1.68. The van der Waals surface area contributed by atoms with Gasteiger partial charge in [-0.1, -0.05) is 54.6 Å². The number of benzene rings is 3. The fourth-order valence-electron chi connectivity index (χ4n) is 2.72. The molecule has 0 atom stereocenters. The molecule has 1 N–H and O–H groups in total. The number of rotatable bonds is 4. The Morgan fingerprint density at radius 3 is 2.21 bits per heavy atom. The van der Waals surface area contributed by atoms with E-state index in [4.69, 9.17) is 0 Å². The zero-order valence-electron chi connectivity index (χ0n) is 14.7. The van der Waals surface area contributed by atoms with Gasteiger partial charge in [-0.25, -0.2) is 19.8 Å². The lowest BCUT2D eigenvalue weighted by atomic mass is 10.1. The normalized spacial score (nSPS) is 11.0. The van der Waals surface area contributed by atoms with Gasteiger partial charge in [0.25, 0.3) is 5.91 Å². The number of hydrogen-bond acceptors (Lipinski definition) is 4. The summed E-state index contributed by atoms with van der Waals surface area (Å²) in [6.45, 7) is 0. The molecule has 4 aromatic rings. The van der Waals surface area contributed by atoms with Crippen LogP contribution >= 0.6 is 0 Å². The molecule has 0 aliphatic heterocycles. The van der Waals surface area contributed by atoms with Gasteiger partial charge in [-0.3, -0.25) is 4.79 Å². The number of carbonyl (C=O) groups is 1. The molecule has 5 nitrogen and oxygen atoms in total.